The molecule has 2 amide bonds. The van der Waals surface area contributed by atoms with Crippen molar-refractivity contribution in [3.8, 4) is 5.75 Å². The minimum atomic E-state index is -0.621. The molecular formula is C21H26N2O6. The molecule has 0 fully saturated rings. The highest BCUT2D eigenvalue weighted by molar-refractivity contribution is 5.92. The predicted octanol–water partition coefficient (Wildman–Crippen LogP) is 2.25. The van der Waals surface area contributed by atoms with Gasteiger partial charge in [-0.15, -0.1) is 0 Å². The summed E-state index contributed by atoms with van der Waals surface area (Å²) in [5.74, 6) is 0.219. The zero-order chi connectivity index (χ0) is 21.2. The lowest BCUT2D eigenvalue weighted by atomic mass is 10.2. The molecule has 8 nitrogen and oxygen atoms in total. The molecule has 156 valence electrons. The van der Waals surface area contributed by atoms with Crippen LogP contribution in [0.25, 0.3) is 0 Å². The van der Waals surface area contributed by atoms with Crippen molar-refractivity contribution in [3.63, 3.8) is 0 Å². The molecule has 1 N–H and O–H groups in total. The van der Waals surface area contributed by atoms with Crippen LogP contribution in [0.15, 0.2) is 47.1 Å². The van der Waals surface area contributed by atoms with Crippen molar-refractivity contribution in [3.05, 3.63) is 54.0 Å². The number of hydrogen-bond acceptors (Lipinski definition) is 6. The number of hydrogen-bond donors (Lipinski definition) is 1. The van der Waals surface area contributed by atoms with E-state index in [2.05, 4.69) is 5.32 Å². The smallest absolute Gasteiger partial charge is 0.338 e. The van der Waals surface area contributed by atoms with Gasteiger partial charge in [-0.2, -0.15) is 0 Å². The maximum absolute atomic E-state index is 12.1. The SMILES string of the molecule is CC(C)COc1ccc(C(=O)OCC(=O)N(C)CC(=O)NCc2ccco2)cc1. The number of benzene rings is 1. The molecule has 0 radical (unpaired) electrons. The van der Waals surface area contributed by atoms with Crippen LogP contribution in [0.1, 0.15) is 30.0 Å². The summed E-state index contributed by atoms with van der Waals surface area (Å²) in [6.45, 7) is 4.30. The number of nitrogens with zero attached hydrogens (tertiary/aromatic N) is 1. The summed E-state index contributed by atoms with van der Waals surface area (Å²) in [4.78, 5) is 37.2. The topological polar surface area (TPSA) is 98.1 Å². The summed E-state index contributed by atoms with van der Waals surface area (Å²) in [6.07, 6.45) is 1.51. The summed E-state index contributed by atoms with van der Waals surface area (Å²) in [7, 11) is 1.46. The molecule has 0 saturated heterocycles. The fourth-order valence-corrected chi connectivity index (χ4v) is 2.23. The van der Waals surface area contributed by atoms with Crippen molar-refractivity contribution in [2.24, 2.45) is 5.92 Å². The third-order valence-electron chi connectivity index (χ3n) is 3.85. The Morgan fingerprint density at radius 2 is 1.86 bits per heavy atom. The molecule has 2 aromatic rings. The van der Waals surface area contributed by atoms with E-state index in [9.17, 15) is 14.4 Å². The average molecular weight is 402 g/mol. The molecule has 2 rings (SSSR count). The fourth-order valence-electron chi connectivity index (χ4n) is 2.23. The van der Waals surface area contributed by atoms with Gasteiger partial charge in [-0.3, -0.25) is 9.59 Å². The van der Waals surface area contributed by atoms with Crippen molar-refractivity contribution in [2.45, 2.75) is 20.4 Å². The van der Waals surface area contributed by atoms with Crippen LogP contribution >= 0.6 is 0 Å². The first kappa shape index (κ1) is 22.0. The van der Waals surface area contributed by atoms with Crippen LogP contribution in [0, 0.1) is 5.92 Å². The van der Waals surface area contributed by atoms with Gasteiger partial charge in [0.1, 0.15) is 11.5 Å². The first-order valence-electron chi connectivity index (χ1n) is 9.28. The summed E-state index contributed by atoms with van der Waals surface area (Å²) < 4.78 is 15.7. The van der Waals surface area contributed by atoms with Crippen molar-refractivity contribution >= 4 is 17.8 Å². The van der Waals surface area contributed by atoms with Crippen molar-refractivity contribution in [1.82, 2.24) is 10.2 Å². The van der Waals surface area contributed by atoms with E-state index in [0.29, 0.717) is 29.6 Å². The highest BCUT2D eigenvalue weighted by atomic mass is 16.5. The van der Waals surface area contributed by atoms with Gasteiger partial charge >= 0.3 is 5.97 Å². The normalized spacial score (nSPS) is 10.5. The van der Waals surface area contributed by atoms with Gasteiger partial charge in [0.05, 0.1) is 31.5 Å². The number of rotatable bonds is 10. The van der Waals surface area contributed by atoms with Gasteiger partial charge in [-0.05, 0) is 42.3 Å². The number of likely N-dealkylation sites (N-methyl/N-ethyl adjacent to an activating group) is 1. The Morgan fingerprint density at radius 1 is 1.14 bits per heavy atom. The van der Waals surface area contributed by atoms with Gasteiger partial charge in [-0.1, -0.05) is 13.8 Å². The summed E-state index contributed by atoms with van der Waals surface area (Å²) in [5.41, 5.74) is 0.313. The zero-order valence-electron chi connectivity index (χ0n) is 16.8. The lowest BCUT2D eigenvalue weighted by molar-refractivity contribution is -0.137. The fraction of sp³-hybridized carbons (Fsp3) is 0.381. The van der Waals surface area contributed by atoms with E-state index in [1.165, 1.54) is 18.2 Å². The maximum Gasteiger partial charge on any atom is 0.338 e. The van der Waals surface area contributed by atoms with Crippen LogP contribution < -0.4 is 10.1 Å². The number of furan rings is 1. The number of ether oxygens (including phenoxy) is 2. The minimum Gasteiger partial charge on any atom is -0.493 e. The standard InChI is InChI=1S/C21H26N2O6/c1-15(2)13-28-17-8-6-16(7-9-17)21(26)29-14-20(25)23(3)12-19(24)22-11-18-5-4-10-27-18/h4-10,15H,11-14H2,1-3H3,(H,22,24). The Balaban J connectivity index is 1.72. The molecule has 0 aliphatic rings. The summed E-state index contributed by atoms with van der Waals surface area (Å²) >= 11 is 0. The van der Waals surface area contributed by atoms with Gasteiger partial charge in [0.2, 0.25) is 5.91 Å². The lowest BCUT2D eigenvalue weighted by Gasteiger charge is -2.16. The molecule has 1 aromatic carbocycles. The maximum atomic E-state index is 12.1. The molecule has 1 aromatic heterocycles. The summed E-state index contributed by atoms with van der Waals surface area (Å²) in [5, 5.41) is 2.64. The molecule has 0 aliphatic carbocycles. The Labute approximate surface area is 169 Å². The van der Waals surface area contributed by atoms with Crippen LogP contribution in [0.2, 0.25) is 0 Å². The molecule has 1 heterocycles. The lowest BCUT2D eigenvalue weighted by Crippen LogP contribution is -2.39. The van der Waals surface area contributed by atoms with Crippen molar-refractivity contribution in [1.29, 1.82) is 0 Å². The molecule has 29 heavy (non-hydrogen) atoms. The Hall–Kier alpha value is -3.29. The van der Waals surface area contributed by atoms with Gasteiger partial charge < -0.3 is 24.1 Å². The predicted molar refractivity (Wildman–Crippen MR) is 105 cm³/mol. The third kappa shape index (κ3) is 7.69. The number of esters is 1. The van der Waals surface area contributed by atoms with Crippen LogP contribution in [-0.4, -0.2) is 49.5 Å². The van der Waals surface area contributed by atoms with Crippen molar-refractivity contribution < 1.29 is 28.3 Å². The number of nitrogens with one attached hydrogen (secondary N) is 1. The van der Waals surface area contributed by atoms with Gasteiger partial charge in [0.15, 0.2) is 6.61 Å². The Morgan fingerprint density at radius 3 is 2.48 bits per heavy atom. The van der Waals surface area contributed by atoms with Gasteiger partial charge in [0.25, 0.3) is 5.91 Å². The first-order chi connectivity index (χ1) is 13.8. The number of carbonyl (C=O) groups excluding carboxylic acids is 3. The molecule has 0 atom stereocenters. The second-order valence-corrected chi connectivity index (χ2v) is 6.91. The molecule has 0 bridgehead atoms. The number of carbonyl (C=O) groups is 3. The minimum absolute atomic E-state index is 0.154. The second-order valence-electron chi connectivity index (χ2n) is 6.91. The largest absolute Gasteiger partial charge is 0.493 e. The van der Waals surface area contributed by atoms with E-state index in [0.717, 1.165) is 0 Å². The van der Waals surface area contributed by atoms with E-state index in [4.69, 9.17) is 13.9 Å². The van der Waals surface area contributed by atoms with Gasteiger partial charge in [0, 0.05) is 7.05 Å². The first-order valence-corrected chi connectivity index (χ1v) is 9.28. The van der Waals surface area contributed by atoms with E-state index >= 15 is 0 Å². The highest BCUT2D eigenvalue weighted by Gasteiger charge is 2.16. The zero-order valence-corrected chi connectivity index (χ0v) is 16.8. The van der Waals surface area contributed by atoms with E-state index in [-0.39, 0.29) is 19.0 Å². The molecule has 0 aliphatic heterocycles. The third-order valence-corrected chi connectivity index (χ3v) is 3.85. The Kier molecular flexibility index (Phi) is 8.27. The van der Waals surface area contributed by atoms with Crippen LogP contribution in [-0.2, 0) is 20.9 Å². The van der Waals surface area contributed by atoms with Crippen LogP contribution in [0.3, 0.4) is 0 Å². The molecule has 0 unspecified atom stereocenters. The van der Waals surface area contributed by atoms with E-state index < -0.39 is 18.5 Å². The van der Waals surface area contributed by atoms with E-state index in [1.54, 1.807) is 36.4 Å². The van der Waals surface area contributed by atoms with E-state index in [1.807, 2.05) is 13.8 Å². The highest BCUT2D eigenvalue weighted by Crippen LogP contribution is 2.14. The molecular weight excluding hydrogens is 376 g/mol. The Bertz CT molecular complexity index is 799. The average Bonchev–Trinajstić information content (AvgIpc) is 3.22. The number of amides is 2. The van der Waals surface area contributed by atoms with Crippen molar-refractivity contribution in [2.75, 3.05) is 26.8 Å². The molecule has 0 saturated carbocycles. The summed E-state index contributed by atoms with van der Waals surface area (Å²) in [6, 6.07) is 9.96. The van der Waals surface area contributed by atoms with Crippen LogP contribution in [0.5, 0.6) is 5.75 Å². The second kappa shape index (κ2) is 10.9. The quantitative estimate of drug-likeness (QED) is 0.612. The monoisotopic (exact) mass is 402 g/mol. The molecule has 0 spiro atoms. The molecule has 8 heteroatoms. The van der Waals surface area contributed by atoms with Gasteiger partial charge in [-0.25, -0.2) is 4.79 Å². The van der Waals surface area contributed by atoms with Crippen LogP contribution in [0.4, 0.5) is 0 Å².